The van der Waals surface area contributed by atoms with Gasteiger partial charge in [-0.15, -0.1) is 10.2 Å². The highest BCUT2D eigenvalue weighted by Crippen LogP contribution is 2.21. The molecule has 84 valence electrons. The number of nitrogens with two attached hydrogens (primary N) is 1. The van der Waals surface area contributed by atoms with E-state index in [9.17, 15) is 0 Å². The largest absolute Gasteiger partial charge is 0.370 e. The smallest absolute Gasteiger partial charge is 0.158 e. The first-order chi connectivity index (χ1) is 7.16. The van der Waals surface area contributed by atoms with Crippen LogP contribution < -0.4 is 5.73 Å². The predicted molar refractivity (Wildman–Crippen MR) is 56.1 cm³/mol. The molecule has 5 heteroatoms. The van der Waals surface area contributed by atoms with Gasteiger partial charge in [0.2, 0.25) is 0 Å². The number of hydrogen-bond donors (Lipinski definition) is 1. The normalized spacial score (nSPS) is 26.1. The third-order valence-corrected chi connectivity index (χ3v) is 3.06. The zero-order valence-corrected chi connectivity index (χ0v) is 9.31. The van der Waals surface area contributed by atoms with Crippen molar-refractivity contribution in [3.63, 3.8) is 0 Å². The molecule has 0 aromatic carbocycles. The van der Waals surface area contributed by atoms with Crippen molar-refractivity contribution in [1.29, 1.82) is 0 Å². The van der Waals surface area contributed by atoms with Gasteiger partial charge in [-0.2, -0.15) is 0 Å². The zero-order chi connectivity index (χ0) is 10.8. The fourth-order valence-corrected chi connectivity index (χ4v) is 1.89. The lowest BCUT2D eigenvalue weighted by Gasteiger charge is -2.10. The molecule has 0 radical (unpaired) electrons. The first-order valence-electron chi connectivity index (χ1n) is 5.39. The van der Waals surface area contributed by atoms with Crippen LogP contribution in [0.1, 0.15) is 30.9 Å². The van der Waals surface area contributed by atoms with Gasteiger partial charge < -0.3 is 15.0 Å². The van der Waals surface area contributed by atoms with Gasteiger partial charge in [-0.1, -0.05) is 0 Å². The predicted octanol–water partition coefficient (Wildman–Crippen LogP) is 0.520. The molecule has 0 spiro atoms. The Hall–Kier alpha value is -0.940. The summed E-state index contributed by atoms with van der Waals surface area (Å²) in [5.74, 6) is 1.80. The molecule has 1 fully saturated rings. The fraction of sp³-hybridized carbons (Fsp3) is 0.800. The molecule has 15 heavy (non-hydrogen) atoms. The molecule has 1 heterocycles. The second-order valence-electron chi connectivity index (χ2n) is 4.23. The summed E-state index contributed by atoms with van der Waals surface area (Å²) in [5, 5.41) is 8.04. The summed E-state index contributed by atoms with van der Waals surface area (Å²) in [6, 6.07) is 0.316. The number of aromatic nitrogens is 3. The summed E-state index contributed by atoms with van der Waals surface area (Å²) in [6.07, 6.45) is 3.41. The van der Waals surface area contributed by atoms with Gasteiger partial charge >= 0.3 is 0 Å². The van der Waals surface area contributed by atoms with Crippen LogP contribution in [0.2, 0.25) is 0 Å². The fourth-order valence-electron chi connectivity index (χ4n) is 1.89. The molecule has 2 unspecified atom stereocenters. The van der Waals surface area contributed by atoms with Crippen LogP contribution in [0.15, 0.2) is 0 Å². The maximum atomic E-state index is 5.81. The van der Waals surface area contributed by atoms with Gasteiger partial charge in [0.05, 0.1) is 6.10 Å². The molecule has 0 aliphatic heterocycles. The van der Waals surface area contributed by atoms with Gasteiger partial charge in [0.1, 0.15) is 12.4 Å². The molecule has 0 saturated heterocycles. The molecule has 0 bridgehead atoms. The van der Waals surface area contributed by atoms with E-state index in [4.69, 9.17) is 10.5 Å². The van der Waals surface area contributed by atoms with Gasteiger partial charge in [0, 0.05) is 13.1 Å². The monoisotopic (exact) mass is 210 g/mol. The first-order valence-corrected chi connectivity index (χ1v) is 5.39. The van der Waals surface area contributed by atoms with Crippen molar-refractivity contribution in [2.45, 2.75) is 44.9 Å². The average Bonchev–Trinajstić information content (AvgIpc) is 2.74. The van der Waals surface area contributed by atoms with Crippen molar-refractivity contribution in [3.05, 3.63) is 11.6 Å². The second-order valence-corrected chi connectivity index (χ2v) is 4.23. The Kier molecular flexibility index (Phi) is 3.02. The Bertz CT molecular complexity index is 336. The molecular formula is C10H18N4O. The molecule has 5 nitrogen and oxygen atoms in total. The third-order valence-electron chi connectivity index (χ3n) is 3.06. The molecule has 0 amide bonds. The maximum absolute atomic E-state index is 5.81. The Morgan fingerprint density at radius 1 is 1.47 bits per heavy atom. The van der Waals surface area contributed by atoms with Crippen LogP contribution in [0, 0.1) is 6.92 Å². The van der Waals surface area contributed by atoms with Gasteiger partial charge in [-0.25, -0.2) is 0 Å². The van der Waals surface area contributed by atoms with Crippen molar-refractivity contribution in [1.82, 2.24) is 14.8 Å². The van der Waals surface area contributed by atoms with Crippen molar-refractivity contribution in [3.8, 4) is 0 Å². The minimum absolute atomic E-state index is 0.303. The molecule has 2 N–H and O–H groups in total. The summed E-state index contributed by atoms with van der Waals surface area (Å²) in [5.41, 5.74) is 5.81. The summed E-state index contributed by atoms with van der Waals surface area (Å²) in [6.45, 7) is 2.47. The van der Waals surface area contributed by atoms with Crippen molar-refractivity contribution < 1.29 is 4.74 Å². The highest BCUT2D eigenvalue weighted by atomic mass is 16.5. The Morgan fingerprint density at radius 2 is 2.27 bits per heavy atom. The van der Waals surface area contributed by atoms with E-state index in [1.165, 1.54) is 0 Å². The SMILES string of the molecule is Cc1nnc(COC2CCC(N)C2)n1C. The van der Waals surface area contributed by atoms with E-state index in [0.29, 0.717) is 18.8 Å². The Balaban J connectivity index is 1.85. The number of hydrogen-bond acceptors (Lipinski definition) is 4. The molecule has 2 rings (SSSR count). The van der Waals surface area contributed by atoms with Gasteiger partial charge in [0.25, 0.3) is 0 Å². The van der Waals surface area contributed by atoms with E-state index in [2.05, 4.69) is 10.2 Å². The Labute approximate surface area is 89.6 Å². The number of ether oxygens (including phenoxy) is 1. The summed E-state index contributed by atoms with van der Waals surface area (Å²) >= 11 is 0. The summed E-state index contributed by atoms with van der Waals surface area (Å²) in [4.78, 5) is 0. The van der Waals surface area contributed by atoms with E-state index in [1.54, 1.807) is 0 Å². The standard InChI is InChI=1S/C10H18N4O/c1-7-12-13-10(14(7)2)6-15-9-4-3-8(11)5-9/h8-9H,3-6,11H2,1-2H3. The average molecular weight is 210 g/mol. The molecule has 2 atom stereocenters. The Morgan fingerprint density at radius 3 is 2.80 bits per heavy atom. The van der Waals surface area contributed by atoms with E-state index >= 15 is 0 Å². The van der Waals surface area contributed by atoms with Crippen LogP contribution in [0.3, 0.4) is 0 Å². The molecule has 1 aromatic rings. The van der Waals surface area contributed by atoms with Crippen LogP contribution in [0.5, 0.6) is 0 Å². The molecule has 1 aliphatic rings. The summed E-state index contributed by atoms with van der Waals surface area (Å²) < 4.78 is 7.70. The lowest BCUT2D eigenvalue weighted by atomic mass is 10.3. The van der Waals surface area contributed by atoms with Crippen molar-refractivity contribution in [2.24, 2.45) is 12.8 Å². The van der Waals surface area contributed by atoms with Crippen molar-refractivity contribution >= 4 is 0 Å². The van der Waals surface area contributed by atoms with Crippen LogP contribution in [0.4, 0.5) is 0 Å². The van der Waals surface area contributed by atoms with Crippen LogP contribution >= 0.6 is 0 Å². The lowest BCUT2D eigenvalue weighted by molar-refractivity contribution is 0.0395. The molecule has 1 aromatic heterocycles. The summed E-state index contributed by atoms with van der Waals surface area (Å²) in [7, 11) is 1.95. The van der Waals surface area contributed by atoms with E-state index in [0.717, 1.165) is 30.9 Å². The third kappa shape index (κ3) is 2.35. The minimum Gasteiger partial charge on any atom is -0.370 e. The molecule has 1 aliphatic carbocycles. The second kappa shape index (κ2) is 4.28. The highest BCUT2D eigenvalue weighted by molar-refractivity contribution is 4.91. The van der Waals surface area contributed by atoms with E-state index in [1.807, 2.05) is 18.5 Å². The number of rotatable bonds is 3. The minimum atomic E-state index is 0.303. The van der Waals surface area contributed by atoms with Crippen molar-refractivity contribution in [2.75, 3.05) is 0 Å². The topological polar surface area (TPSA) is 66.0 Å². The number of nitrogens with zero attached hydrogens (tertiary/aromatic N) is 3. The van der Waals surface area contributed by atoms with Gasteiger partial charge in [-0.05, 0) is 26.2 Å². The van der Waals surface area contributed by atoms with E-state index < -0.39 is 0 Å². The number of aryl methyl sites for hydroxylation is 1. The molecule has 1 saturated carbocycles. The van der Waals surface area contributed by atoms with Gasteiger partial charge in [-0.3, -0.25) is 0 Å². The maximum Gasteiger partial charge on any atom is 0.158 e. The highest BCUT2D eigenvalue weighted by Gasteiger charge is 2.22. The van der Waals surface area contributed by atoms with Crippen LogP contribution in [-0.2, 0) is 18.4 Å². The van der Waals surface area contributed by atoms with Crippen LogP contribution in [-0.4, -0.2) is 26.9 Å². The first kappa shape index (κ1) is 10.6. The quantitative estimate of drug-likeness (QED) is 0.790. The lowest BCUT2D eigenvalue weighted by Crippen LogP contribution is -2.18. The zero-order valence-electron chi connectivity index (χ0n) is 9.31. The molecular weight excluding hydrogens is 192 g/mol. The van der Waals surface area contributed by atoms with Gasteiger partial charge in [0.15, 0.2) is 5.82 Å². The van der Waals surface area contributed by atoms with Crippen LogP contribution in [0.25, 0.3) is 0 Å². The van der Waals surface area contributed by atoms with E-state index in [-0.39, 0.29) is 0 Å².